The number of hydrogen-bond donors (Lipinski definition) is 0. The molecule has 0 unspecified atom stereocenters. The minimum absolute atomic E-state index is 0.122. The monoisotopic (exact) mass is 473 g/mol. The zero-order valence-electron chi connectivity index (χ0n) is 19.2. The van der Waals surface area contributed by atoms with E-state index in [1.807, 2.05) is 36.1 Å². The smallest absolute Gasteiger partial charge is 0.254 e. The Morgan fingerprint density at radius 3 is 2.36 bits per heavy atom. The summed E-state index contributed by atoms with van der Waals surface area (Å²) in [6.45, 7) is 6.03. The molecular weight excluding hydrogens is 442 g/mol. The van der Waals surface area contributed by atoms with Gasteiger partial charge in [-0.3, -0.25) is 4.79 Å². The van der Waals surface area contributed by atoms with E-state index >= 15 is 0 Å². The Morgan fingerprint density at radius 2 is 1.67 bits per heavy atom. The van der Waals surface area contributed by atoms with Crippen LogP contribution in [-0.2, 0) is 14.8 Å². The fraction of sp³-hybridized carbons (Fsp3) is 0.458. The van der Waals surface area contributed by atoms with Crippen molar-refractivity contribution in [1.29, 1.82) is 0 Å². The van der Waals surface area contributed by atoms with Gasteiger partial charge in [0.05, 0.1) is 25.2 Å². The van der Waals surface area contributed by atoms with Crippen LogP contribution >= 0.6 is 0 Å². The number of methoxy groups -OCH3 is 1. The van der Waals surface area contributed by atoms with Gasteiger partial charge in [0.1, 0.15) is 5.75 Å². The zero-order valence-corrected chi connectivity index (χ0v) is 20.0. The molecule has 178 valence electrons. The summed E-state index contributed by atoms with van der Waals surface area (Å²) in [7, 11) is -2.01. The van der Waals surface area contributed by atoms with Crippen LogP contribution in [0.3, 0.4) is 0 Å². The Bertz CT molecular complexity index is 1080. The van der Waals surface area contributed by atoms with Crippen molar-refractivity contribution in [3.8, 4) is 5.75 Å². The molecule has 2 aliphatic heterocycles. The normalized spacial score (nSPS) is 18.1. The van der Waals surface area contributed by atoms with Crippen molar-refractivity contribution >= 4 is 21.6 Å². The SMILES string of the molecule is COc1ccc(N2CCCN(C(=O)c3cc(S(=O)(=O)N4CCOCC4)ccc3C)CC2)cc1. The minimum atomic E-state index is -3.66. The van der Waals surface area contributed by atoms with Gasteiger partial charge in [0.25, 0.3) is 5.91 Å². The van der Waals surface area contributed by atoms with Gasteiger partial charge in [-0.05, 0) is 55.3 Å². The van der Waals surface area contributed by atoms with E-state index < -0.39 is 10.0 Å². The van der Waals surface area contributed by atoms with Gasteiger partial charge in [-0.2, -0.15) is 4.31 Å². The molecule has 2 saturated heterocycles. The lowest BCUT2D eigenvalue weighted by molar-refractivity contribution is 0.0729. The molecule has 2 aromatic rings. The van der Waals surface area contributed by atoms with Gasteiger partial charge in [0.2, 0.25) is 10.0 Å². The number of amides is 1. The molecule has 0 bridgehead atoms. The van der Waals surface area contributed by atoms with E-state index in [1.165, 1.54) is 10.4 Å². The van der Waals surface area contributed by atoms with E-state index in [-0.39, 0.29) is 10.8 Å². The standard InChI is InChI=1S/C24H31N3O5S/c1-19-4-9-22(33(29,30)27-14-16-32-17-15-27)18-23(19)24(28)26-11-3-10-25(12-13-26)20-5-7-21(31-2)8-6-20/h4-9,18H,3,10-17H2,1-2H3. The van der Waals surface area contributed by atoms with E-state index in [9.17, 15) is 13.2 Å². The Hall–Kier alpha value is -2.62. The van der Waals surface area contributed by atoms with Gasteiger partial charge in [-0.15, -0.1) is 0 Å². The molecule has 0 atom stereocenters. The van der Waals surface area contributed by atoms with Gasteiger partial charge in [0, 0.05) is 50.5 Å². The van der Waals surface area contributed by atoms with E-state index in [0.717, 1.165) is 30.0 Å². The van der Waals surface area contributed by atoms with Crippen molar-refractivity contribution in [2.24, 2.45) is 0 Å². The zero-order chi connectivity index (χ0) is 23.4. The van der Waals surface area contributed by atoms with Crippen LogP contribution in [0.25, 0.3) is 0 Å². The number of sulfonamides is 1. The van der Waals surface area contributed by atoms with Crippen LogP contribution in [-0.4, -0.2) is 83.1 Å². The fourth-order valence-electron chi connectivity index (χ4n) is 4.27. The van der Waals surface area contributed by atoms with Crippen molar-refractivity contribution < 1.29 is 22.7 Å². The highest BCUT2D eigenvalue weighted by molar-refractivity contribution is 7.89. The van der Waals surface area contributed by atoms with Gasteiger partial charge >= 0.3 is 0 Å². The molecule has 2 aromatic carbocycles. The lowest BCUT2D eigenvalue weighted by atomic mass is 10.1. The molecule has 0 saturated carbocycles. The van der Waals surface area contributed by atoms with E-state index in [4.69, 9.17) is 9.47 Å². The first-order chi connectivity index (χ1) is 15.9. The molecule has 0 aromatic heterocycles. The molecule has 1 amide bonds. The van der Waals surface area contributed by atoms with Gasteiger partial charge in [-0.1, -0.05) is 6.07 Å². The first-order valence-electron chi connectivity index (χ1n) is 11.3. The Morgan fingerprint density at radius 1 is 0.939 bits per heavy atom. The summed E-state index contributed by atoms with van der Waals surface area (Å²) < 4.78 is 38.1. The molecule has 0 radical (unpaired) electrons. The molecule has 0 spiro atoms. The summed E-state index contributed by atoms with van der Waals surface area (Å²) in [6, 6.07) is 12.8. The van der Waals surface area contributed by atoms with Crippen LogP contribution in [0.2, 0.25) is 0 Å². The van der Waals surface area contributed by atoms with Crippen LogP contribution < -0.4 is 9.64 Å². The van der Waals surface area contributed by atoms with Crippen molar-refractivity contribution in [2.45, 2.75) is 18.2 Å². The molecular formula is C24H31N3O5S. The number of rotatable bonds is 5. The highest BCUT2D eigenvalue weighted by Crippen LogP contribution is 2.24. The maximum Gasteiger partial charge on any atom is 0.254 e. The third kappa shape index (κ3) is 5.15. The third-order valence-electron chi connectivity index (χ3n) is 6.27. The molecule has 0 aliphatic carbocycles. The number of carbonyl (C=O) groups is 1. The number of hydrogen-bond acceptors (Lipinski definition) is 6. The van der Waals surface area contributed by atoms with Gasteiger partial charge in [-0.25, -0.2) is 8.42 Å². The van der Waals surface area contributed by atoms with E-state index in [1.54, 1.807) is 19.2 Å². The molecule has 8 nitrogen and oxygen atoms in total. The number of benzene rings is 2. The number of anilines is 1. The van der Waals surface area contributed by atoms with Crippen molar-refractivity contribution in [1.82, 2.24) is 9.21 Å². The lowest BCUT2D eigenvalue weighted by Crippen LogP contribution is -2.40. The summed E-state index contributed by atoms with van der Waals surface area (Å²) in [4.78, 5) is 17.7. The van der Waals surface area contributed by atoms with Crippen molar-refractivity contribution in [3.63, 3.8) is 0 Å². The Kier molecular flexibility index (Phi) is 7.21. The fourth-order valence-corrected chi connectivity index (χ4v) is 5.70. The number of morpholine rings is 1. The Labute approximate surface area is 195 Å². The van der Waals surface area contributed by atoms with Gasteiger partial charge < -0.3 is 19.3 Å². The van der Waals surface area contributed by atoms with Crippen LogP contribution in [0, 0.1) is 6.92 Å². The summed E-state index contributed by atoms with van der Waals surface area (Å²) >= 11 is 0. The second kappa shape index (κ2) is 10.1. The number of ether oxygens (including phenoxy) is 2. The largest absolute Gasteiger partial charge is 0.497 e. The van der Waals surface area contributed by atoms with Gasteiger partial charge in [0.15, 0.2) is 0 Å². The maximum atomic E-state index is 13.4. The molecule has 0 N–H and O–H groups in total. The first-order valence-corrected chi connectivity index (χ1v) is 12.7. The average molecular weight is 474 g/mol. The predicted molar refractivity (Wildman–Crippen MR) is 126 cm³/mol. The van der Waals surface area contributed by atoms with E-state index in [0.29, 0.717) is 51.5 Å². The number of aryl methyl sites for hydroxylation is 1. The van der Waals surface area contributed by atoms with Crippen molar-refractivity contribution in [2.75, 3.05) is 64.5 Å². The summed E-state index contributed by atoms with van der Waals surface area (Å²) in [6.07, 6.45) is 0.836. The lowest BCUT2D eigenvalue weighted by Gasteiger charge is -2.27. The average Bonchev–Trinajstić information content (AvgIpc) is 3.11. The molecule has 2 heterocycles. The predicted octanol–water partition coefficient (Wildman–Crippen LogP) is 2.38. The van der Waals surface area contributed by atoms with Crippen LogP contribution in [0.1, 0.15) is 22.3 Å². The van der Waals surface area contributed by atoms with Crippen LogP contribution in [0.5, 0.6) is 5.75 Å². The first kappa shape index (κ1) is 23.5. The van der Waals surface area contributed by atoms with Crippen molar-refractivity contribution in [3.05, 3.63) is 53.6 Å². The summed E-state index contributed by atoms with van der Waals surface area (Å²) in [5.74, 6) is 0.691. The second-order valence-corrected chi connectivity index (χ2v) is 10.3. The summed E-state index contributed by atoms with van der Waals surface area (Å²) in [5, 5.41) is 0. The minimum Gasteiger partial charge on any atom is -0.497 e. The quantitative estimate of drug-likeness (QED) is 0.664. The molecule has 9 heteroatoms. The van der Waals surface area contributed by atoms with E-state index in [2.05, 4.69) is 4.90 Å². The Balaban J connectivity index is 1.50. The second-order valence-electron chi connectivity index (χ2n) is 8.32. The highest BCUT2D eigenvalue weighted by Gasteiger charge is 2.28. The topological polar surface area (TPSA) is 79.4 Å². The van der Waals surface area contributed by atoms with Crippen LogP contribution in [0.15, 0.2) is 47.4 Å². The third-order valence-corrected chi connectivity index (χ3v) is 8.16. The molecule has 2 fully saturated rings. The maximum absolute atomic E-state index is 13.4. The van der Waals surface area contributed by atoms with Crippen LogP contribution in [0.4, 0.5) is 5.69 Å². The molecule has 33 heavy (non-hydrogen) atoms. The summed E-state index contributed by atoms with van der Waals surface area (Å²) in [5.41, 5.74) is 2.32. The number of carbonyl (C=O) groups excluding carboxylic acids is 1. The molecule has 2 aliphatic rings. The number of nitrogens with zero attached hydrogens (tertiary/aromatic N) is 3. The molecule has 4 rings (SSSR count). The highest BCUT2D eigenvalue weighted by atomic mass is 32.2.